The van der Waals surface area contributed by atoms with Crippen LogP contribution in [0.15, 0.2) is 48.5 Å². The molecule has 0 saturated heterocycles. The number of hydrogen-bond donors (Lipinski definition) is 3. The van der Waals surface area contributed by atoms with Gasteiger partial charge in [-0.05, 0) is 42.9 Å². The highest BCUT2D eigenvalue weighted by Crippen LogP contribution is 2.14. The first-order chi connectivity index (χ1) is 9.19. The van der Waals surface area contributed by atoms with E-state index in [2.05, 4.69) is 10.6 Å². The molecule has 0 radical (unpaired) electrons. The smallest absolute Gasteiger partial charge is 0.255 e. The lowest BCUT2D eigenvalue weighted by atomic mass is 10.1. The van der Waals surface area contributed by atoms with Gasteiger partial charge < -0.3 is 15.7 Å². The van der Waals surface area contributed by atoms with E-state index in [9.17, 15) is 9.90 Å². The van der Waals surface area contributed by atoms with Gasteiger partial charge in [0.15, 0.2) is 0 Å². The Hall–Kier alpha value is -2.33. The summed E-state index contributed by atoms with van der Waals surface area (Å²) in [7, 11) is 1.89. The van der Waals surface area contributed by atoms with Gasteiger partial charge in [0, 0.05) is 17.8 Å². The fourth-order valence-corrected chi connectivity index (χ4v) is 1.76. The van der Waals surface area contributed by atoms with Crippen LogP contribution in [-0.4, -0.2) is 18.1 Å². The third-order valence-electron chi connectivity index (χ3n) is 2.70. The number of amides is 1. The average Bonchev–Trinajstić information content (AvgIpc) is 2.41. The molecule has 0 atom stereocenters. The van der Waals surface area contributed by atoms with Crippen LogP contribution >= 0.6 is 0 Å². The third kappa shape index (κ3) is 3.56. The van der Waals surface area contributed by atoms with Crippen LogP contribution in [0.4, 0.5) is 5.69 Å². The molecule has 0 aromatic heterocycles. The second-order valence-electron chi connectivity index (χ2n) is 4.23. The van der Waals surface area contributed by atoms with Crippen molar-refractivity contribution in [1.29, 1.82) is 0 Å². The first-order valence-corrected chi connectivity index (χ1v) is 6.03. The van der Waals surface area contributed by atoms with Crippen molar-refractivity contribution in [2.45, 2.75) is 6.54 Å². The molecule has 0 saturated carbocycles. The highest BCUT2D eigenvalue weighted by atomic mass is 16.3. The first kappa shape index (κ1) is 13.1. The quantitative estimate of drug-likeness (QED) is 0.787. The Morgan fingerprint density at radius 3 is 2.53 bits per heavy atom. The Balaban J connectivity index is 2.06. The van der Waals surface area contributed by atoms with Gasteiger partial charge >= 0.3 is 0 Å². The highest BCUT2D eigenvalue weighted by Gasteiger charge is 2.06. The Bertz CT molecular complexity index is 565. The number of anilines is 1. The molecule has 0 aliphatic rings. The number of phenolic OH excluding ortho intramolecular Hbond substituents is 1. The predicted octanol–water partition coefficient (Wildman–Crippen LogP) is 2.36. The van der Waals surface area contributed by atoms with Crippen molar-refractivity contribution < 1.29 is 9.90 Å². The van der Waals surface area contributed by atoms with Crippen LogP contribution in [0.25, 0.3) is 0 Å². The monoisotopic (exact) mass is 256 g/mol. The minimum Gasteiger partial charge on any atom is -0.508 e. The summed E-state index contributed by atoms with van der Waals surface area (Å²) in [6, 6.07) is 13.9. The fourth-order valence-electron chi connectivity index (χ4n) is 1.76. The maximum atomic E-state index is 11.9. The molecule has 3 N–H and O–H groups in total. The van der Waals surface area contributed by atoms with E-state index in [0.29, 0.717) is 5.56 Å². The number of phenols is 1. The molecule has 0 aliphatic carbocycles. The molecule has 98 valence electrons. The van der Waals surface area contributed by atoms with E-state index in [4.69, 9.17) is 0 Å². The molecule has 4 heteroatoms. The molecule has 19 heavy (non-hydrogen) atoms. The first-order valence-electron chi connectivity index (χ1n) is 6.03. The number of aromatic hydroxyl groups is 1. The zero-order chi connectivity index (χ0) is 13.7. The molecular formula is C15H16N2O2. The van der Waals surface area contributed by atoms with Crippen molar-refractivity contribution in [2.24, 2.45) is 0 Å². The topological polar surface area (TPSA) is 61.4 Å². The van der Waals surface area contributed by atoms with Gasteiger partial charge in [-0.15, -0.1) is 0 Å². The third-order valence-corrected chi connectivity index (χ3v) is 2.70. The van der Waals surface area contributed by atoms with Crippen LogP contribution in [0.3, 0.4) is 0 Å². The number of carbonyl (C=O) groups excluding carboxylic acids is 1. The van der Waals surface area contributed by atoms with Gasteiger partial charge in [0.25, 0.3) is 5.91 Å². The predicted molar refractivity (Wildman–Crippen MR) is 75.3 cm³/mol. The Morgan fingerprint density at radius 1 is 1.16 bits per heavy atom. The minimum absolute atomic E-state index is 0.0806. The zero-order valence-corrected chi connectivity index (χ0v) is 10.7. The van der Waals surface area contributed by atoms with E-state index in [0.717, 1.165) is 17.8 Å². The molecule has 0 fully saturated rings. The number of carbonyl (C=O) groups is 1. The Labute approximate surface area is 112 Å². The zero-order valence-electron chi connectivity index (χ0n) is 10.7. The molecule has 2 aromatic carbocycles. The molecule has 0 bridgehead atoms. The van der Waals surface area contributed by atoms with Gasteiger partial charge in [-0.2, -0.15) is 0 Å². The van der Waals surface area contributed by atoms with Crippen molar-refractivity contribution >= 4 is 11.6 Å². The molecule has 2 rings (SSSR count). The van der Waals surface area contributed by atoms with E-state index in [-0.39, 0.29) is 11.7 Å². The Morgan fingerprint density at radius 2 is 1.89 bits per heavy atom. The maximum Gasteiger partial charge on any atom is 0.255 e. The molecule has 0 heterocycles. The SMILES string of the molecule is CNCc1ccc(NC(=O)c2cccc(O)c2)cc1. The van der Waals surface area contributed by atoms with Gasteiger partial charge in [-0.25, -0.2) is 0 Å². The summed E-state index contributed by atoms with van der Waals surface area (Å²) >= 11 is 0. The summed E-state index contributed by atoms with van der Waals surface area (Å²) < 4.78 is 0. The highest BCUT2D eigenvalue weighted by molar-refractivity contribution is 6.04. The standard InChI is InChI=1S/C15H16N2O2/c1-16-10-11-5-7-13(8-6-11)17-15(19)12-3-2-4-14(18)9-12/h2-9,16,18H,10H2,1H3,(H,17,19). The lowest BCUT2D eigenvalue weighted by molar-refractivity contribution is 0.102. The van der Waals surface area contributed by atoms with Gasteiger partial charge in [0.05, 0.1) is 0 Å². The Kier molecular flexibility index (Phi) is 4.15. The van der Waals surface area contributed by atoms with E-state index in [1.807, 2.05) is 31.3 Å². The lowest BCUT2D eigenvalue weighted by Crippen LogP contribution is -2.12. The van der Waals surface area contributed by atoms with Gasteiger partial charge in [-0.3, -0.25) is 4.79 Å². The normalized spacial score (nSPS) is 10.2. The number of nitrogens with one attached hydrogen (secondary N) is 2. The minimum atomic E-state index is -0.239. The van der Waals surface area contributed by atoms with Gasteiger partial charge in [0.1, 0.15) is 5.75 Å². The summed E-state index contributed by atoms with van der Waals surface area (Å²) in [5.74, 6) is -0.158. The van der Waals surface area contributed by atoms with Crippen LogP contribution in [0.1, 0.15) is 15.9 Å². The summed E-state index contributed by atoms with van der Waals surface area (Å²) in [5.41, 5.74) is 2.31. The molecule has 0 unspecified atom stereocenters. The number of rotatable bonds is 4. The average molecular weight is 256 g/mol. The van der Waals surface area contributed by atoms with Gasteiger partial charge in [-0.1, -0.05) is 18.2 Å². The molecular weight excluding hydrogens is 240 g/mol. The number of benzene rings is 2. The van der Waals surface area contributed by atoms with Crippen LogP contribution in [0, 0.1) is 0 Å². The van der Waals surface area contributed by atoms with Crippen molar-refractivity contribution in [2.75, 3.05) is 12.4 Å². The van der Waals surface area contributed by atoms with E-state index >= 15 is 0 Å². The fraction of sp³-hybridized carbons (Fsp3) is 0.133. The molecule has 0 aliphatic heterocycles. The van der Waals surface area contributed by atoms with Crippen molar-refractivity contribution in [3.8, 4) is 5.75 Å². The largest absolute Gasteiger partial charge is 0.508 e. The van der Waals surface area contributed by atoms with Crippen LogP contribution in [0.5, 0.6) is 5.75 Å². The van der Waals surface area contributed by atoms with Crippen LogP contribution in [0.2, 0.25) is 0 Å². The van der Waals surface area contributed by atoms with Crippen molar-refractivity contribution in [3.63, 3.8) is 0 Å². The summed E-state index contributed by atoms with van der Waals surface area (Å²) in [6.07, 6.45) is 0. The van der Waals surface area contributed by atoms with Crippen LogP contribution in [-0.2, 0) is 6.54 Å². The molecule has 4 nitrogen and oxygen atoms in total. The van der Waals surface area contributed by atoms with Gasteiger partial charge in [0.2, 0.25) is 0 Å². The number of hydrogen-bond acceptors (Lipinski definition) is 3. The van der Waals surface area contributed by atoms with Crippen molar-refractivity contribution in [3.05, 3.63) is 59.7 Å². The molecule has 0 spiro atoms. The summed E-state index contributed by atoms with van der Waals surface area (Å²) in [6.45, 7) is 0.792. The lowest BCUT2D eigenvalue weighted by Gasteiger charge is -2.07. The van der Waals surface area contributed by atoms with E-state index in [1.165, 1.54) is 12.1 Å². The van der Waals surface area contributed by atoms with Crippen LogP contribution < -0.4 is 10.6 Å². The molecule has 1 amide bonds. The van der Waals surface area contributed by atoms with E-state index in [1.54, 1.807) is 12.1 Å². The molecule has 2 aromatic rings. The van der Waals surface area contributed by atoms with Crippen molar-refractivity contribution in [1.82, 2.24) is 5.32 Å². The van der Waals surface area contributed by atoms with E-state index < -0.39 is 0 Å². The summed E-state index contributed by atoms with van der Waals surface area (Å²) in [4.78, 5) is 11.9. The second-order valence-corrected chi connectivity index (χ2v) is 4.23. The summed E-state index contributed by atoms with van der Waals surface area (Å²) in [5, 5.41) is 15.2. The maximum absolute atomic E-state index is 11.9. The second kappa shape index (κ2) is 6.02.